The van der Waals surface area contributed by atoms with Gasteiger partial charge in [0.1, 0.15) is 11.9 Å². The maximum absolute atomic E-state index is 13.3. The lowest BCUT2D eigenvalue weighted by Gasteiger charge is -2.39. The van der Waals surface area contributed by atoms with Gasteiger partial charge < -0.3 is 19.7 Å². The van der Waals surface area contributed by atoms with Crippen molar-refractivity contribution in [3.63, 3.8) is 0 Å². The van der Waals surface area contributed by atoms with Gasteiger partial charge in [-0.3, -0.25) is 4.79 Å². The molecule has 0 spiro atoms. The Morgan fingerprint density at radius 3 is 2.85 bits per heavy atom. The number of halogens is 2. The van der Waals surface area contributed by atoms with E-state index in [4.69, 9.17) is 9.47 Å². The van der Waals surface area contributed by atoms with E-state index in [1.54, 1.807) is 7.11 Å². The molecule has 0 unspecified atom stereocenters. The number of carbonyl (C=O) groups is 1. The van der Waals surface area contributed by atoms with Crippen LogP contribution in [0.15, 0.2) is 45.3 Å². The van der Waals surface area contributed by atoms with Gasteiger partial charge in [-0.15, -0.1) is 0 Å². The van der Waals surface area contributed by atoms with Crippen LogP contribution in [0.1, 0.15) is 34.9 Å². The molecule has 0 aliphatic carbocycles. The van der Waals surface area contributed by atoms with Gasteiger partial charge in [0.05, 0.1) is 23.2 Å². The minimum atomic E-state index is -0.347. The van der Waals surface area contributed by atoms with Crippen LogP contribution >= 0.6 is 31.9 Å². The van der Waals surface area contributed by atoms with Gasteiger partial charge in [-0.1, -0.05) is 28.1 Å². The molecule has 4 rings (SSSR count). The second-order valence-corrected chi connectivity index (χ2v) is 8.47. The molecular formula is C20H20Br2N2O3. The fraction of sp³-hybridized carbons (Fsp3) is 0.350. The zero-order valence-corrected chi connectivity index (χ0v) is 18.0. The van der Waals surface area contributed by atoms with Gasteiger partial charge in [-0.2, -0.15) is 0 Å². The molecule has 2 aromatic rings. The SMILES string of the molecule is COc1c(Br)cc(Br)cc1[C@H]1Nc2ccccc2C(=O)N1C[C@@H]1CCCO1. The van der Waals surface area contributed by atoms with Crippen molar-refractivity contribution in [3.05, 3.63) is 56.5 Å². The van der Waals surface area contributed by atoms with E-state index in [0.29, 0.717) is 17.9 Å². The van der Waals surface area contributed by atoms with Crippen LogP contribution in [-0.4, -0.2) is 37.2 Å². The van der Waals surface area contributed by atoms with Crippen LogP contribution in [-0.2, 0) is 4.74 Å². The minimum Gasteiger partial charge on any atom is -0.495 e. The number of carbonyl (C=O) groups excluding carboxylic acids is 1. The summed E-state index contributed by atoms with van der Waals surface area (Å²) in [7, 11) is 1.64. The number of amides is 1. The maximum Gasteiger partial charge on any atom is 0.257 e. The van der Waals surface area contributed by atoms with Crippen molar-refractivity contribution in [2.45, 2.75) is 25.1 Å². The first-order valence-corrected chi connectivity index (χ1v) is 10.5. The van der Waals surface area contributed by atoms with E-state index in [9.17, 15) is 4.79 Å². The lowest BCUT2D eigenvalue weighted by molar-refractivity contribution is 0.0424. The average Bonchev–Trinajstić information content (AvgIpc) is 3.16. The molecule has 0 radical (unpaired) electrons. The van der Waals surface area contributed by atoms with Crippen LogP contribution in [0.3, 0.4) is 0 Å². The van der Waals surface area contributed by atoms with Crippen LogP contribution in [0.5, 0.6) is 5.75 Å². The Balaban J connectivity index is 1.80. The number of rotatable bonds is 4. The standard InChI is InChI=1S/C20H20Br2N2O3/c1-26-18-15(9-12(21)10-16(18)22)19-23-17-7-3-2-6-14(17)20(25)24(19)11-13-5-4-8-27-13/h2-3,6-7,9-10,13,19,23H,4-5,8,11H2,1H3/t13-,19-/m0/s1. The number of anilines is 1. The van der Waals surface area contributed by atoms with E-state index in [2.05, 4.69) is 37.2 Å². The molecule has 5 nitrogen and oxygen atoms in total. The first-order valence-electron chi connectivity index (χ1n) is 8.89. The van der Waals surface area contributed by atoms with E-state index >= 15 is 0 Å². The predicted octanol–water partition coefficient (Wildman–Crippen LogP) is 4.97. The van der Waals surface area contributed by atoms with E-state index < -0.39 is 0 Å². The average molecular weight is 496 g/mol. The Kier molecular flexibility index (Phi) is 5.43. The van der Waals surface area contributed by atoms with Gasteiger partial charge >= 0.3 is 0 Å². The Labute approximate surface area is 175 Å². The summed E-state index contributed by atoms with van der Waals surface area (Å²) < 4.78 is 13.2. The molecule has 2 aliphatic heterocycles. The third-order valence-corrected chi connectivity index (χ3v) is 6.03. The molecule has 0 saturated carbocycles. The topological polar surface area (TPSA) is 50.8 Å². The molecule has 142 valence electrons. The largest absolute Gasteiger partial charge is 0.495 e. The fourth-order valence-corrected chi connectivity index (χ4v) is 5.15. The molecule has 27 heavy (non-hydrogen) atoms. The monoisotopic (exact) mass is 494 g/mol. The summed E-state index contributed by atoms with van der Waals surface area (Å²) in [4.78, 5) is 15.2. The molecule has 1 N–H and O–H groups in total. The molecule has 7 heteroatoms. The van der Waals surface area contributed by atoms with Crippen LogP contribution in [0.4, 0.5) is 5.69 Å². The van der Waals surface area contributed by atoms with Gasteiger partial charge in [0.15, 0.2) is 0 Å². The summed E-state index contributed by atoms with van der Waals surface area (Å²) in [5, 5.41) is 3.52. The van der Waals surface area contributed by atoms with E-state index in [1.807, 2.05) is 41.3 Å². The molecule has 1 fully saturated rings. The lowest BCUT2D eigenvalue weighted by atomic mass is 10.0. The van der Waals surface area contributed by atoms with Crippen LogP contribution in [0, 0.1) is 0 Å². The van der Waals surface area contributed by atoms with Crippen molar-refractivity contribution >= 4 is 43.5 Å². The van der Waals surface area contributed by atoms with Crippen LogP contribution in [0.2, 0.25) is 0 Å². The number of para-hydroxylation sites is 1. The van der Waals surface area contributed by atoms with Crippen molar-refractivity contribution in [2.75, 3.05) is 25.6 Å². The molecule has 0 aromatic heterocycles. The number of ether oxygens (including phenoxy) is 2. The van der Waals surface area contributed by atoms with Crippen molar-refractivity contribution < 1.29 is 14.3 Å². The summed E-state index contributed by atoms with van der Waals surface area (Å²) in [5.74, 6) is 0.711. The van der Waals surface area contributed by atoms with Gasteiger partial charge in [-0.05, 0) is 53.0 Å². The number of fused-ring (bicyclic) bond motifs is 1. The van der Waals surface area contributed by atoms with E-state index in [0.717, 1.165) is 39.6 Å². The molecule has 1 saturated heterocycles. The highest BCUT2D eigenvalue weighted by Crippen LogP contribution is 2.41. The highest BCUT2D eigenvalue weighted by Gasteiger charge is 2.37. The van der Waals surface area contributed by atoms with Crippen LogP contribution in [0.25, 0.3) is 0 Å². The number of methoxy groups -OCH3 is 1. The maximum atomic E-state index is 13.3. The third-order valence-electron chi connectivity index (χ3n) is 4.98. The summed E-state index contributed by atoms with van der Waals surface area (Å²) >= 11 is 7.13. The van der Waals surface area contributed by atoms with Crippen molar-refractivity contribution in [3.8, 4) is 5.75 Å². The quantitative estimate of drug-likeness (QED) is 0.650. The minimum absolute atomic E-state index is 0.00278. The number of hydrogen-bond donors (Lipinski definition) is 1. The lowest BCUT2D eigenvalue weighted by Crippen LogP contribution is -2.46. The van der Waals surface area contributed by atoms with Gasteiger partial charge in [0, 0.05) is 28.9 Å². The third kappa shape index (κ3) is 3.60. The molecular weight excluding hydrogens is 476 g/mol. The zero-order valence-electron chi connectivity index (χ0n) is 14.9. The molecule has 0 bridgehead atoms. The number of hydrogen-bond acceptors (Lipinski definition) is 4. The second kappa shape index (κ2) is 7.81. The van der Waals surface area contributed by atoms with E-state index in [-0.39, 0.29) is 18.2 Å². The predicted molar refractivity (Wildman–Crippen MR) is 111 cm³/mol. The molecule has 1 amide bonds. The smallest absolute Gasteiger partial charge is 0.257 e. The summed E-state index contributed by atoms with van der Waals surface area (Å²) in [6, 6.07) is 11.5. The first-order chi connectivity index (χ1) is 13.1. The van der Waals surface area contributed by atoms with Crippen LogP contribution < -0.4 is 10.1 Å². The zero-order chi connectivity index (χ0) is 19.0. The molecule has 2 heterocycles. The summed E-state index contributed by atoms with van der Waals surface area (Å²) in [6.07, 6.45) is 1.72. The Bertz CT molecular complexity index is 868. The van der Waals surface area contributed by atoms with Crippen molar-refractivity contribution in [1.82, 2.24) is 4.90 Å². The van der Waals surface area contributed by atoms with Gasteiger partial charge in [-0.25, -0.2) is 0 Å². The van der Waals surface area contributed by atoms with Gasteiger partial charge in [0.25, 0.3) is 5.91 Å². The molecule has 2 aliphatic rings. The number of nitrogens with one attached hydrogen (secondary N) is 1. The Morgan fingerprint density at radius 2 is 2.11 bits per heavy atom. The fourth-order valence-electron chi connectivity index (χ4n) is 3.73. The van der Waals surface area contributed by atoms with Crippen molar-refractivity contribution in [2.24, 2.45) is 0 Å². The van der Waals surface area contributed by atoms with E-state index in [1.165, 1.54) is 0 Å². The van der Waals surface area contributed by atoms with Gasteiger partial charge in [0.2, 0.25) is 0 Å². The molecule has 2 aromatic carbocycles. The molecule has 2 atom stereocenters. The Morgan fingerprint density at radius 1 is 1.30 bits per heavy atom. The highest BCUT2D eigenvalue weighted by atomic mass is 79.9. The Hall–Kier alpha value is -1.57. The summed E-state index contributed by atoms with van der Waals surface area (Å²) in [5.41, 5.74) is 2.40. The highest BCUT2D eigenvalue weighted by molar-refractivity contribution is 9.11. The number of nitrogens with zero attached hydrogens (tertiary/aromatic N) is 1. The normalized spacial score (nSPS) is 21.7. The number of benzene rings is 2. The first kappa shape index (κ1) is 18.8. The second-order valence-electron chi connectivity index (χ2n) is 6.70. The van der Waals surface area contributed by atoms with Crippen molar-refractivity contribution in [1.29, 1.82) is 0 Å². The summed E-state index contributed by atoms with van der Waals surface area (Å²) in [6.45, 7) is 1.30.